The maximum atomic E-state index is 13.2. The fourth-order valence-corrected chi connectivity index (χ4v) is 0.787. The minimum Gasteiger partial charge on any atom is -0.291 e. The van der Waals surface area contributed by atoms with E-state index in [-0.39, 0.29) is 0 Å². The monoisotopic (exact) mass is 140 g/mol. The molecule has 1 rings (SSSR count). The molecule has 2 heteroatoms. The molecule has 0 aliphatic heterocycles. The van der Waals surface area contributed by atoms with Crippen LogP contribution in [0.4, 0.5) is 4.39 Å². The second kappa shape index (κ2) is 2.04. The summed E-state index contributed by atoms with van der Waals surface area (Å²) in [4.78, 5) is 10.8. The highest BCUT2D eigenvalue weighted by Gasteiger charge is 2.33. The Labute approximate surface area is 59.2 Å². The summed E-state index contributed by atoms with van der Waals surface area (Å²) in [6.07, 6.45) is 4.44. The Balaban J connectivity index is 3.05. The summed E-state index contributed by atoms with van der Waals surface area (Å²) in [5, 5.41) is 0. The summed E-state index contributed by atoms with van der Waals surface area (Å²) >= 11 is 0. The first-order valence-electron chi connectivity index (χ1n) is 3.14. The van der Waals surface area contributed by atoms with Gasteiger partial charge in [-0.25, -0.2) is 4.39 Å². The minimum atomic E-state index is -1.77. The van der Waals surface area contributed by atoms with Gasteiger partial charge < -0.3 is 0 Å². The molecule has 10 heavy (non-hydrogen) atoms. The van der Waals surface area contributed by atoms with Crippen LogP contribution in [0.2, 0.25) is 0 Å². The number of carbonyl (C=O) groups is 1. The Morgan fingerprint density at radius 3 is 2.60 bits per heavy atom. The lowest BCUT2D eigenvalue weighted by molar-refractivity contribution is -0.122. The third kappa shape index (κ3) is 0.897. The number of allylic oxidation sites excluding steroid dienone is 4. The van der Waals surface area contributed by atoms with Crippen LogP contribution in [0.25, 0.3) is 0 Å². The van der Waals surface area contributed by atoms with Gasteiger partial charge >= 0.3 is 0 Å². The molecule has 1 nitrogen and oxygen atoms in total. The number of hydrogen-bond donors (Lipinski definition) is 0. The molecule has 0 amide bonds. The largest absolute Gasteiger partial charge is 0.291 e. The lowest BCUT2D eigenvalue weighted by atomic mass is 9.90. The SMILES string of the molecule is CC1=CC=CC(=O)C1(C)F. The van der Waals surface area contributed by atoms with Gasteiger partial charge in [-0.05, 0) is 25.5 Å². The predicted molar refractivity (Wildman–Crippen MR) is 37.4 cm³/mol. The predicted octanol–water partition coefficient (Wildman–Crippen LogP) is 1.80. The van der Waals surface area contributed by atoms with Crippen molar-refractivity contribution < 1.29 is 9.18 Å². The third-order valence-electron chi connectivity index (χ3n) is 1.80. The molecule has 1 unspecified atom stereocenters. The summed E-state index contributed by atoms with van der Waals surface area (Å²) in [6.45, 7) is 2.89. The summed E-state index contributed by atoms with van der Waals surface area (Å²) in [5.41, 5.74) is -1.30. The molecular formula is C8H9FO. The van der Waals surface area contributed by atoms with Gasteiger partial charge in [-0.3, -0.25) is 4.79 Å². The van der Waals surface area contributed by atoms with Gasteiger partial charge in [-0.2, -0.15) is 0 Å². The van der Waals surface area contributed by atoms with Crippen molar-refractivity contribution in [2.24, 2.45) is 0 Å². The van der Waals surface area contributed by atoms with Gasteiger partial charge in [0, 0.05) is 0 Å². The molecule has 0 aromatic rings. The molecule has 1 aliphatic rings. The Bertz CT molecular complexity index is 223. The lowest BCUT2D eigenvalue weighted by Gasteiger charge is -2.19. The lowest BCUT2D eigenvalue weighted by Crippen LogP contribution is -2.31. The number of ketones is 1. The summed E-state index contributed by atoms with van der Waals surface area (Å²) in [5.74, 6) is -0.465. The molecule has 0 aromatic carbocycles. The number of hydrogen-bond acceptors (Lipinski definition) is 1. The maximum absolute atomic E-state index is 13.2. The normalized spacial score (nSPS) is 32.3. The van der Waals surface area contributed by atoms with Crippen molar-refractivity contribution in [3.63, 3.8) is 0 Å². The zero-order chi connectivity index (χ0) is 7.78. The first-order valence-corrected chi connectivity index (χ1v) is 3.14. The van der Waals surface area contributed by atoms with E-state index in [1.165, 1.54) is 13.0 Å². The van der Waals surface area contributed by atoms with E-state index in [4.69, 9.17) is 0 Å². The first kappa shape index (κ1) is 7.19. The van der Waals surface area contributed by atoms with Crippen molar-refractivity contribution >= 4 is 5.78 Å². The molecule has 1 aliphatic carbocycles. The van der Waals surface area contributed by atoms with Crippen molar-refractivity contribution in [1.82, 2.24) is 0 Å². The van der Waals surface area contributed by atoms with E-state index in [1.807, 2.05) is 0 Å². The van der Waals surface area contributed by atoms with Crippen LogP contribution in [-0.4, -0.2) is 11.5 Å². The van der Waals surface area contributed by atoms with Crippen LogP contribution >= 0.6 is 0 Å². The van der Waals surface area contributed by atoms with Crippen LogP contribution in [0.3, 0.4) is 0 Å². The van der Waals surface area contributed by atoms with Gasteiger partial charge in [-0.1, -0.05) is 12.2 Å². The average Bonchev–Trinajstić information content (AvgIpc) is 1.84. The van der Waals surface area contributed by atoms with Crippen LogP contribution < -0.4 is 0 Å². The van der Waals surface area contributed by atoms with E-state index < -0.39 is 11.5 Å². The topological polar surface area (TPSA) is 17.1 Å². The Kier molecular flexibility index (Phi) is 1.47. The number of halogens is 1. The van der Waals surface area contributed by atoms with Gasteiger partial charge in [0.1, 0.15) is 0 Å². The van der Waals surface area contributed by atoms with Crippen LogP contribution in [0.1, 0.15) is 13.8 Å². The third-order valence-corrected chi connectivity index (χ3v) is 1.80. The maximum Gasteiger partial charge on any atom is 0.196 e. The van der Waals surface area contributed by atoms with E-state index in [0.717, 1.165) is 0 Å². The molecule has 0 radical (unpaired) electrons. The molecule has 0 bridgehead atoms. The summed E-state index contributed by atoms with van der Waals surface area (Å²) in [6, 6.07) is 0. The van der Waals surface area contributed by atoms with Crippen LogP contribution in [0, 0.1) is 0 Å². The zero-order valence-corrected chi connectivity index (χ0v) is 6.02. The van der Waals surface area contributed by atoms with Crippen LogP contribution in [0.15, 0.2) is 23.8 Å². The standard InChI is InChI=1S/C8H9FO/c1-6-4-3-5-7(10)8(6,2)9/h3-5H,1-2H3. The van der Waals surface area contributed by atoms with Crippen molar-refractivity contribution in [2.45, 2.75) is 19.5 Å². The first-order chi connectivity index (χ1) is 4.55. The van der Waals surface area contributed by atoms with Crippen molar-refractivity contribution in [3.05, 3.63) is 23.8 Å². The highest BCUT2D eigenvalue weighted by molar-refractivity contribution is 6.00. The fourth-order valence-electron chi connectivity index (χ4n) is 0.787. The Morgan fingerprint density at radius 2 is 2.20 bits per heavy atom. The quantitative estimate of drug-likeness (QED) is 0.501. The van der Waals surface area contributed by atoms with Crippen LogP contribution in [-0.2, 0) is 4.79 Å². The van der Waals surface area contributed by atoms with Crippen molar-refractivity contribution in [1.29, 1.82) is 0 Å². The number of carbonyl (C=O) groups excluding carboxylic acids is 1. The molecule has 0 heterocycles. The minimum absolute atomic E-state index is 0.465. The second-order valence-electron chi connectivity index (χ2n) is 2.58. The molecule has 54 valence electrons. The molecule has 0 spiro atoms. The molecule has 0 aromatic heterocycles. The van der Waals surface area contributed by atoms with Gasteiger partial charge in [0.2, 0.25) is 0 Å². The molecule has 1 atom stereocenters. The molecular weight excluding hydrogens is 131 g/mol. The Morgan fingerprint density at radius 1 is 1.60 bits per heavy atom. The van der Waals surface area contributed by atoms with Gasteiger partial charge in [-0.15, -0.1) is 0 Å². The molecule has 0 saturated carbocycles. The Hall–Kier alpha value is -0.920. The average molecular weight is 140 g/mol. The van der Waals surface area contributed by atoms with Gasteiger partial charge in [0.05, 0.1) is 0 Å². The summed E-state index contributed by atoms with van der Waals surface area (Å²) < 4.78 is 13.2. The fraction of sp³-hybridized carbons (Fsp3) is 0.375. The summed E-state index contributed by atoms with van der Waals surface area (Å²) in [7, 11) is 0. The van der Waals surface area contributed by atoms with E-state index in [1.54, 1.807) is 19.1 Å². The van der Waals surface area contributed by atoms with E-state index in [9.17, 15) is 9.18 Å². The molecule has 0 saturated heterocycles. The second-order valence-corrected chi connectivity index (χ2v) is 2.58. The zero-order valence-electron chi connectivity index (χ0n) is 6.02. The van der Waals surface area contributed by atoms with E-state index >= 15 is 0 Å². The van der Waals surface area contributed by atoms with E-state index in [2.05, 4.69) is 0 Å². The highest BCUT2D eigenvalue weighted by atomic mass is 19.1. The van der Waals surface area contributed by atoms with Crippen LogP contribution in [0.5, 0.6) is 0 Å². The number of alkyl halides is 1. The van der Waals surface area contributed by atoms with Crippen molar-refractivity contribution in [3.8, 4) is 0 Å². The van der Waals surface area contributed by atoms with E-state index in [0.29, 0.717) is 5.57 Å². The number of rotatable bonds is 0. The van der Waals surface area contributed by atoms with Gasteiger partial charge in [0.25, 0.3) is 0 Å². The molecule has 0 N–H and O–H groups in total. The van der Waals surface area contributed by atoms with Crippen molar-refractivity contribution in [2.75, 3.05) is 0 Å². The smallest absolute Gasteiger partial charge is 0.196 e. The molecule has 0 fully saturated rings. The van der Waals surface area contributed by atoms with Gasteiger partial charge in [0.15, 0.2) is 11.5 Å². The highest BCUT2D eigenvalue weighted by Crippen LogP contribution is 2.25.